The molecule has 6 nitrogen and oxygen atoms in total. The summed E-state index contributed by atoms with van der Waals surface area (Å²) in [5.74, 6) is -1.23. The maximum absolute atomic E-state index is 12.7. The standard InChI is InChI=1S/C24H28N2O4/c1-16(2)12-22(24(29)30-15-17-8-4-3-5-9-17)26-21(23(27)28)13-18-14-25-20-11-7-6-10-19(18)20/h3-11,14,16,21-22,25-26H,12-13,15H2,1-2H3,(H,27,28)/t21-,22+/m0/s1. The van der Waals surface area contributed by atoms with Crippen molar-refractivity contribution in [2.45, 2.75) is 45.4 Å². The van der Waals surface area contributed by atoms with E-state index in [-0.39, 0.29) is 18.9 Å². The topological polar surface area (TPSA) is 91.4 Å². The molecule has 30 heavy (non-hydrogen) atoms. The molecule has 0 spiro atoms. The summed E-state index contributed by atoms with van der Waals surface area (Å²) in [6.07, 6.45) is 2.58. The molecule has 1 heterocycles. The molecule has 0 saturated heterocycles. The van der Waals surface area contributed by atoms with Gasteiger partial charge in [0, 0.05) is 23.5 Å². The zero-order valence-electron chi connectivity index (χ0n) is 17.3. The summed E-state index contributed by atoms with van der Waals surface area (Å²) in [6.45, 7) is 4.15. The number of carboxylic acids is 1. The van der Waals surface area contributed by atoms with Gasteiger partial charge < -0.3 is 14.8 Å². The van der Waals surface area contributed by atoms with Gasteiger partial charge in [-0.2, -0.15) is 0 Å². The van der Waals surface area contributed by atoms with Crippen molar-refractivity contribution in [1.82, 2.24) is 10.3 Å². The monoisotopic (exact) mass is 408 g/mol. The number of esters is 1. The Morgan fingerprint density at radius 2 is 1.73 bits per heavy atom. The van der Waals surface area contributed by atoms with Gasteiger partial charge >= 0.3 is 11.9 Å². The Morgan fingerprint density at radius 1 is 1.03 bits per heavy atom. The van der Waals surface area contributed by atoms with Crippen LogP contribution in [0.5, 0.6) is 0 Å². The number of carbonyl (C=O) groups excluding carboxylic acids is 1. The van der Waals surface area contributed by atoms with Crippen LogP contribution in [0.15, 0.2) is 60.8 Å². The average Bonchev–Trinajstić information content (AvgIpc) is 3.14. The molecule has 158 valence electrons. The van der Waals surface area contributed by atoms with Gasteiger partial charge in [0.2, 0.25) is 0 Å². The van der Waals surface area contributed by atoms with E-state index in [2.05, 4.69) is 10.3 Å². The normalized spacial score (nSPS) is 13.3. The van der Waals surface area contributed by atoms with Crippen molar-refractivity contribution in [3.8, 4) is 0 Å². The molecule has 0 unspecified atom stereocenters. The molecule has 3 N–H and O–H groups in total. The fourth-order valence-electron chi connectivity index (χ4n) is 3.51. The van der Waals surface area contributed by atoms with Gasteiger partial charge in [-0.3, -0.25) is 14.9 Å². The highest BCUT2D eigenvalue weighted by atomic mass is 16.5. The van der Waals surface area contributed by atoms with Crippen molar-refractivity contribution >= 4 is 22.8 Å². The summed E-state index contributed by atoms with van der Waals surface area (Å²) in [5, 5.41) is 13.8. The first-order valence-electron chi connectivity index (χ1n) is 10.2. The molecule has 2 aromatic carbocycles. The third-order valence-corrected chi connectivity index (χ3v) is 5.01. The lowest BCUT2D eigenvalue weighted by molar-refractivity contribution is -0.149. The third-order valence-electron chi connectivity index (χ3n) is 5.01. The van der Waals surface area contributed by atoms with E-state index < -0.39 is 24.0 Å². The first kappa shape index (κ1) is 21.6. The Labute approximate surface area is 176 Å². The number of para-hydroxylation sites is 1. The fraction of sp³-hybridized carbons (Fsp3) is 0.333. The van der Waals surface area contributed by atoms with Gasteiger partial charge in [0.1, 0.15) is 18.7 Å². The molecule has 0 aliphatic rings. The highest BCUT2D eigenvalue weighted by Gasteiger charge is 2.28. The van der Waals surface area contributed by atoms with Crippen molar-refractivity contribution in [2.75, 3.05) is 0 Å². The predicted octanol–water partition coefficient (Wildman–Crippen LogP) is 3.91. The average molecular weight is 408 g/mol. The molecule has 0 aliphatic carbocycles. The Balaban J connectivity index is 1.71. The number of carbonyl (C=O) groups is 2. The molecule has 3 rings (SSSR count). The lowest BCUT2D eigenvalue weighted by Gasteiger charge is -2.23. The molecule has 0 radical (unpaired) electrons. The van der Waals surface area contributed by atoms with Crippen LogP contribution >= 0.6 is 0 Å². The minimum absolute atomic E-state index is 0.163. The van der Waals surface area contributed by atoms with Gasteiger partial charge in [-0.1, -0.05) is 62.4 Å². The molecule has 0 amide bonds. The smallest absolute Gasteiger partial charge is 0.323 e. The molecule has 2 atom stereocenters. The molecule has 6 heteroatoms. The molecule has 0 bridgehead atoms. The number of aromatic amines is 1. The first-order chi connectivity index (χ1) is 14.4. The second kappa shape index (κ2) is 10.1. The number of fused-ring (bicyclic) bond motifs is 1. The van der Waals surface area contributed by atoms with Crippen LogP contribution in [0.3, 0.4) is 0 Å². The van der Waals surface area contributed by atoms with Crippen molar-refractivity contribution < 1.29 is 19.4 Å². The lowest BCUT2D eigenvalue weighted by atomic mass is 10.00. The minimum Gasteiger partial charge on any atom is -0.480 e. The van der Waals surface area contributed by atoms with E-state index in [1.165, 1.54) is 0 Å². The summed E-state index contributed by atoms with van der Waals surface area (Å²) in [7, 11) is 0. The number of ether oxygens (including phenoxy) is 1. The second-order valence-corrected chi connectivity index (χ2v) is 7.90. The number of hydrogen-bond donors (Lipinski definition) is 3. The van der Waals surface area contributed by atoms with Crippen molar-refractivity contribution in [3.05, 3.63) is 71.9 Å². The fourth-order valence-corrected chi connectivity index (χ4v) is 3.51. The summed E-state index contributed by atoms with van der Waals surface area (Å²) >= 11 is 0. The van der Waals surface area contributed by atoms with E-state index in [1.54, 1.807) is 0 Å². The van der Waals surface area contributed by atoms with Crippen LogP contribution < -0.4 is 5.32 Å². The highest BCUT2D eigenvalue weighted by Crippen LogP contribution is 2.20. The number of carboxylic acid groups (broad SMARTS) is 1. The van der Waals surface area contributed by atoms with Crippen LogP contribution in [0.4, 0.5) is 0 Å². The maximum atomic E-state index is 12.7. The Bertz CT molecular complexity index is 981. The summed E-state index contributed by atoms with van der Waals surface area (Å²) in [5.41, 5.74) is 2.74. The van der Waals surface area contributed by atoms with E-state index in [9.17, 15) is 14.7 Å². The van der Waals surface area contributed by atoms with E-state index >= 15 is 0 Å². The van der Waals surface area contributed by atoms with Crippen molar-refractivity contribution in [3.63, 3.8) is 0 Å². The predicted molar refractivity (Wildman–Crippen MR) is 116 cm³/mol. The lowest BCUT2D eigenvalue weighted by Crippen LogP contribution is -2.49. The summed E-state index contributed by atoms with van der Waals surface area (Å²) < 4.78 is 5.48. The van der Waals surface area contributed by atoms with Crippen LogP contribution in [-0.4, -0.2) is 34.1 Å². The zero-order valence-corrected chi connectivity index (χ0v) is 17.3. The van der Waals surface area contributed by atoms with E-state index in [1.807, 2.05) is 74.6 Å². The number of rotatable bonds is 10. The van der Waals surface area contributed by atoms with Crippen LogP contribution in [0, 0.1) is 5.92 Å². The van der Waals surface area contributed by atoms with Gasteiger partial charge in [0.25, 0.3) is 0 Å². The second-order valence-electron chi connectivity index (χ2n) is 7.90. The van der Waals surface area contributed by atoms with Gasteiger partial charge in [0.15, 0.2) is 0 Å². The summed E-state index contributed by atoms with van der Waals surface area (Å²) in [6, 6.07) is 15.6. The minimum atomic E-state index is -0.995. The largest absolute Gasteiger partial charge is 0.480 e. The quantitative estimate of drug-likeness (QED) is 0.443. The van der Waals surface area contributed by atoms with Crippen molar-refractivity contribution in [1.29, 1.82) is 0 Å². The third kappa shape index (κ3) is 5.70. The Morgan fingerprint density at radius 3 is 2.43 bits per heavy atom. The van der Waals surface area contributed by atoms with Crippen LogP contribution in [0.25, 0.3) is 10.9 Å². The van der Waals surface area contributed by atoms with Gasteiger partial charge in [-0.05, 0) is 29.5 Å². The first-order valence-corrected chi connectivity index (χ1v) is 10.2. The SMILES string of the molecule is CC(C)C[C@@H](N[C@@H](Cc1c[nH]c2ccccc12)C(=O)O)C(=O)OCc1ccccc1. The number of benzene rings is 2. The van der Waals surface area contributed by atoms with E-state index in [4.69, 9.17) is 4.74 Å². The Kier molecular flexibility index (Phi) is 7.25. The molecule has 0 saturated carbocycles. The molecule has 0 aliphatic heterocycles. The highest BCUT2D eigenvalue weighted by molar-refractivity contribution is 5.84. The molecule has 3 aromatic rings. The van der Waals surface area contributed by atoms with Crippen LogP contribution in [0.1, 0.15) is 31.4 Å². The molecule has 0 fully saturated rings. The maximum Gasteiger partial charge on any atom is 0.323 e. The van der Waals surface area contributed by atoms with Gasteiger partial charge in [-0.25, -0.2) is 0 Å². The van der Waals surface area contributed by atoms with Gasteiger partial charge in [0.05, 0.1) is 0 Å². The zero-order chi connectivity index (χ0) is 21.5. The van der Waals surface area contributed by atoms with E-state index in [0.29, 0.717) is 6.42 Å². The Hall–Kier alpha value is -3.12. The molecule has 1 aromatic heterocycles. The van der Waals surface area contributed by atoms with Gasteiger partial charge in [-0.15, -0.1) is 0 Å². The van der Waals surface area contributed by atoms with Crippen LogP contribution in [-0.2, 0) is 27.4 Å². The number of H-pyrrole nitrogens is 1. The van der Waals surface area contributed by atoms with Crippen LogP contribution in [0.2, 0.25) is 0 Å². The molecular formula is C24H28N2O4. The van der Waals surface area contributed by atoms with E-state index in [0.717, 1.165) is 22.0 Å². The number of hydrogen-bond acceptors (Lipinski definition) is 4. The number of aromatic nitrogens is 1. The van der Waals surface area contributed by atoms with Crippen molar-refractivity contribution in [2.24, 2.45) is 5.92 Å². The number of aliphatic carboxylic acids is 1. The molecular weight excluding hydrogens is 380 g/mol. The summed E-state index contributed by atoms with van der Waals surface area (Å²) in [4.78, 5) is 27.9. The number of nitrogens with one attached hydrogen (secondary N) is 2.